The Bertz CT molecular complexity index is 1010. The largest absolute Gasteiger partial charge is 0.379 e. The molecule has 5 unspecified atom stereocenters. The molecular formula is C54H107NO9. The molecule has 2 aliphatic rings. The summed E-state index contributed by atoms with van der Waals surface area (Å²) in [6, 6.07) is -0.293. The first-order valence-corrected chi connectivity index (χ1v) is 27.8. The molecule has 64 heavy (non-hydrogen) atoms. The van der Waals surface area contributed by atoms with Crippen molar-refractivity contribution in [2.45, 2.75) is 303 Å². The maximum absolute atomic E-state index is 6.83. The SMILES string of the molecule is CCCCCCCCCCCCCCCCCCCCCCCON[C@@H](COC1OC(COCCCC)C(OCCCC)C(OCCCC)C1OCCCC)[C@@H]1OC(C)(C)O[C@@H]1CC. The molecule has 2 saturated heterocycles. The van der Waals surface area contributed by atoms with E-state index in [0.29, 0.717) is 39.6 Å². The van der Waals surface area contributed by atoms with Gasteiger partial charge in [0.1, 0.15) is 30.5 Å². The van der Waals surface area contributed by atoms with Crippen LogP contribution in [0.2, 0.25) is 0 Å². The average Bonchev–Trinajstić information content (AvgIpc) is 3.61. The fourth-order valence-corrected chi connectivity index (χ4v) is 8.94. The van der Waals surface area contributed by atoms with Crippen LogP contribution >= 0.6 is 0 Å². The first-order chi connectivity index (χ1) is 31.3. The average molecular weight is 914 g/mol. The van der Waals surface area contributed by atoms with Crippen LogP contribution in [0.5, 0.6) is 0 Å². The minimum Gasteiger partial charge on any atom is -0.379 e. The van der Waals surface area contributed by atoms with Crippen molar-refractivity contribution < 1.29 is 42.7 Å². The molecule has 10 heteroatoms. The summed E-state index contributed by atoms with van der Waals surface area (Å²) in [7, 11) is 0. The van der Waals surface area contributed by atoms with Crippen LogP contribution in [0, 0.1) is 0 Å². The van der Waals surface area contributed by atoms with Crippen LogP contribution in [0.1, 0.15) is 248 Å². The Hall–Kier alpha value is -0.400. The number of ether oxygens (including phenoxy) is 8. The molecular weight excluding hydrogens is 807 g/mol. The van der Waals surface area contributed by atoms with Gasteiger partial charge in [-0.3, -0.25) is 0 Å². The van der Waals surface area contributed by atoms with E-state index in [1.165, 1.54) is 128 Å². The summed E-state index contributed by atoms with van der Waals surface area (Å²) in [6.07, 6.45) is 35.2. The van der Waals surface area contributed by atoms with Gasteiger partial charge in [-0.05, 0) is 52.4 Å². The number of hydrogen-bond acceptors (Lipinski definition) is 10. The molecule has 2 aliphatic heterocycles. The molecule has 0 aromatic heterocycles. The Morgan fingerprint density at radius 1 is 0.438 bits per heavy atom. The molecule has 0 bridgehead atoms. The minimum atomic E-state index is -0.701. The van der Waals surface area contributed by atoms with Crippen molar-refractivity contribution in [3.8, 4) is 0 Å². The number of rotatable bonds is 46. The van der Waals surface area contributed by atoms with Crippen LogP contribution in [-0.2, 0) is 42.7 Å². The lowest BCUT2D eigenvalue weighted by Crippen LogP contribution is -2.62. The fourth-order valence-electron chi connectivity index (χ4n) is 8.94. The molecule has 0 amide bonds. The number of unbranched alkanes of at least 4 members (excludes halogenated alkanes) is 24. The highest BCUT2D eigenvalue weighted by Crippen LogP contribution is 2.34. The summed E-state index contributed by atoms with van der Waals surface area (Å²) in [6.45, 7) is 21.0. The predicted molar refractivity (Wildman–Crippen MR) is 264 cm³/mol. The smallest absolute Gasteiger partial charge is 0.187 e. The lowest BCUT2D eigenvalue weighted by Gasteiger charge is -2.46. The molecule has 2 rings (SSSR count). The first-order valence-electron chi connectivity index (χ1n) is 27.8. The second-order valence-corrected chi connectivity index (χ2v) is 19.6. The Morgan fingerprint density at radius 2 is 0.875 bits per heavy atom. The minimum absolute atomic E-state index is 0.103. The van der Waals surface area contributed by atoms with Crippen LogP contribution < -0.4 is 5.48 Å². The van der Waals surface area contributed by atoms with Gasteiger partial charge in [0.25, 0.3) is 0 Å². The van der Waals surface area contributed by atoms with Gasteiger partial charge in [0.05, 0.1) is 32.0 Å². The summed E-state index contributed by atoms with van der Waals surface area (Å²) in [5.74, 6) is -0.701. The van der Waals surface area contributed by atoms with E-state index in [2.05, 4.69) is 47.0 Å². The Labute approximate surface area is 396 Å². The van der Waals surface area contributed by atoms with Gasteiger partial charge in [-0.2, -0.15) is 5.48 Å². The summed E-state index contributed by atoms with van der Waals surface area (Å²) in [4.78, 5) is 6.21. The van der Waals surface area contributed by atoms with Crippen molar-refractivity contribution in [2.24, 2.45) is 0 Å². The Balaban J connectivity index is 1.88. The third kappa shape index (κ3) is 27.6. The maximum atomic E-state index is 6.83. The van der Waals surface area contributed by atoms with E-state index in [0.717, 1.165) is 64.2 Å². The predicted octanol–water partition coefficient (Wildman–Crippen LogP) is 14.1. The van der Waals surface area contributed by atoms with E-state index < -0.39 is 18.2 Å². The van der Waals surface area contributed by atoms with Crippen molar-refractivity contribution in [1.82, 2.24) is 5.48 Å². The molecule has 0 aromatic rings. The molecule has 382 valence electrons. The zero-order valence-electron chi connectivity index (χ0n) is 43.5. The summed E-state index contributed by atoms with van der Waals surface area (Å²) in [5.41, 5.74) is 3.38. The van der Waals surface area contributed by atoms with E-state index >= 15 is 0 Å². The van der Waals surface area contributed by atoms with Gasteiger partial charge in [-0.1, -0.05) is 196 Å². The standard InChI is InChI=1S/C54H107NO9/c1-9-15-20-21-22-23-24-25-26-27-28-29-30-31-32-33-34-35-36-37-38-43-61-55-46(49-47(14-6)63-54(7,8)64-49)44-60-53-52(59-42-19-13-5)51(58-41-18-12-4)50(57-40-17-11-3)48(62-53)45-56-39-16-10-2/h46-53,55H,9-45H2,1-8H3/t46-,47+,48?,49-,50?,51?,52?,53?/m0/s1. The zero-order chi connectivity index (χ0) is 46.4. The maximum Gasteiger partial charge on any atom is 0.187 e. The zero-order valence-corrected chi connectivity index (χ0v) is 43.5. The number of hydroxylamine groups is 1. The van der Waals surface area contributed by atoms with Gasteiger partial charge in [-0.25, -0.2) is 0 Å². The number of hydrogen-bond donors (Lipinski definition) is 1. The highest BCUT2D eigenvalue weighted by molar-refractivity contribution is 4.94. The van der Waals surface area contributed by atoms with E-state index in [1.54, 1.807) is 0 Å². The lowest BCUT2D eigenvalue weighted by molar-refractivity contribution is -0.326. The Kier molecular flexibility index (Phi) is 37.8. The van der Waals surface area contributed by atoms with Crippen molar-refractivity contribution in [2.75, 3.05) is 46.2 Å². The highest BCUT2D eigenvalue weighted by Gasteiger charge is 2.50. The summed E-state index contributed by atoms with van der Waals surface area (Å²) >= 11 is 0. The van der Waals surface area contributed by atoms with Crippen molar-refractivity contribution >= 4 is 0 Å². The third-order valence-electron chi connectivity index (χ3n) is 13.0. The number of nitrogens with one attached hydrogen (secondary N) is 1. The van der Waals surface area contributed by atoms with Gasteiger partial charge in [0.15, 0.2) is 12.1 Å². The quantitative estimate of drug-likeness (QED) is 0.0470. The summed E-state index contributed by atoms with van der Waals surface area (Å²) in [5, 5.41) is 0. The monoisotopic (exact) mass is 914 g/mol. The normalized spacial score (nSPS) is 23.9. The molecule has 0 spiro atoms. The van der Waals surface area contributed by atoms with Crippen molar-refractivity contribution in [3.05, 3.63) is 0 Å². The van der Waals surface area contributed by atoms with Crippen LogP contribution in [0.15, 0.2) is 0 Å². The van der Waals surface area contributed by atoms with Crippen LogP contribution in [0.4, 0.5) is 0 Å². The molecule has 2 fully saturated rings. The lowest BCUT2D eigenvalue weighted by atomic mass is 9.97. The van der Waals surface area contributed by atoms with E-state index in [4.69, 9.17) is 42.7 Å². The van der Waals surface area contributed by atoms with Gasteiger partial charge < -0.3 is 42.7 Å². The summed E-state index contributed by atoms with van der Waals surface area (Å²) < 4.78 is 52.7. The molecule has 1 N–H and O–H groups in total. The van der Waals surface area contributed by atoms with Gasteiger partial charge in [0, 0.05) is 26.4 Å². The molecule has 2 heterocycles. The molecule has 0 aliphatic carbocycles. The van der Waals surface area contributed by atoms with Gasteiger partial charge >= 0.3 is 0 Å². The van der Waals surface area contributed by atoms with Crippen molar-refractivity contribution in [3.63, 3.8) is 0 Å². The first kappa shape index (κ1) is 59.7. The highest BCUT2D eigenvalue weighted by atomic mass is 16.8. The molecule has 0 radical (unpaired) electrons. The van der Waals surface area contributed by atoms with Gasteiger partial charge in [-0.15, -0.1) is 0 Å². The topological polar surface area (TPSA) is 95.1 Å². The van der Waals surface area contributed by atoms with Crippen LogP contribution in [-0.4, -0.2) is 101 Å². The second-order valence-electron chi connectivity index (χ2n) is 19.6. The second kappa shape index (κ2) is 40.5. The van der Waals surface area contributed by atoms with E-state index in [9.17, 15) is 0 Å². The Morgan fingerprint density at radius 3 is 1.36 bits per heavy atom. The van der Waals surface area contributed by atoms with E-state index in [1.807, 2.05) is 13.8 Å². The fraction of sp³-hybridized carbons (Fsp3) is 1.00. The van der Waals surface area contributed by atoms with Crippen molar-refractivity contribution in [1.29, 1.82) is 0 Å². The molecule has 10 nitrogen and oxygen atoms in total. The van der Waals surface area contributed by atoms with E-state index in [-0.39, 0.29) is 43.2 Å². The molecule has 0 aromatic carbocycles. The molecule has 0 saturated carbocycles. The van der Waals surface area contributed by atoms with Crippen LogP contribution in [0.25, 0.3) is 0 Å². The van der Waals surface area contributed by atoms with Gasteiger partial charge in [0.2, 0.25) is 0 Å². The van der Waals surface area contributed by atoms with Crippen LogP contribution in [0.3, 0.4) is 0 Å². The third-order valence-corrected chi connectivity index (χ3v) is 13.0. The molecule has 8 atom stereocenters.